The van der Waals surface area contributed by atoms with E-state index in [2.05, 4.69) is 21.3 Å². The predicted octanol–water partition coefficient (Wildman–Crippen LogP) is 1.66. The number of rotatable bonds is 1. The third kappa shape index (κ3) is 1.92. The topological polar surface area (TPSA) is 28.2 Å². The van der Waals surface area contributed by atoms with Crippen LogP contribution in [0.15, 0.2) is 24.5 Å². The first-order chi connectivity index (χ1) is 7.93. The van der Waals surface area contributed by atoms with E-state index < -0.39 is 0 Å². The van der Waals surface area contributed by atoms with Gasteiger partial charge in [0.25, 0.3) is 0 Å². The maximum Gasteiger partial charge on any atom is 0.0553 e. The van der Waals surface area contributed by atoms with Crippen LogP contribution in [0, 0.1) is 5.92 Å². The number of fused-ring (bicyclic) bond motifs is 1. The molecule has 3 rings (SSSR count). The fourth-order valence-electron chi connectivity index (χ4n) is 3.03. The van der Waals surface area contributed by atoms with E-state index in [4.69, 9.17) is 0 Å². The molecule has 0 spiro atoms. The first-order valence-electron chi connectivity index (χ1n) is 6.32. The van der Waals surface area contributed by atoms with Crippen molar-refractivity contribution in [3.8, 4) is 0 Å². The summed E-state index contributed by atoms with van der Waals surface area (Å²) in [5.74, 6) is 0.904. The van der Waals surface area contributed by atoms with E-state index in [1.165, 1.54) is 38.0 Å². The number of nitrogens with zero attached hydrogens (tertiary/aromatic N) is 2. The third-order valence-electron chi connectivity index (χ3n) is 3.92. The Labute approximate surface area is 96.9 Å². The van der Waals surface area contributed by atoms with Gasteiger partial charge in [0.2, 0.25) is 0 Å². The Balaban J connectivity index is 1.76. The third-order valence-corrected chi connectivity index (χ3v) is 3.92. The number of anilines is 1. The molecule has 0 amide bonds. The summed E-state index contributed by atoms with van der Waals surface area (Å²) in [5.41, 5.74) is 1.27. The Morgan fingerprint density at radius 1 is 1.38 bits per heavy atom. The SMILES string of the molecule is c1cncc(N2CCC[C@@H]3CCN[C@@H]3C2)c1. The highest BCUT2D eigenvalue weighted by molar-refractivity contribution is 5.44. The first kappa shape index (κ1) is 10.1. The van der Waals surface area contributed by atoms with Crippen molar-refractivity contribution in [1.29, 1.82) is 0 Å². The fraction of sp³-hybridized carbons (Fsp3) is 0.615. The Kier molecular flexibility index (Phi) is 2.79. The Morgan fingerprint density at radius 2 is 2.38 bits per heavy atom. The van der Waals surface area contributed by atoms with Crippen molar-refractivity contribution < 1.29 is 0 Å². The minimum atomic E-state index is 0.697. The highest BCUT2D eigenvalue weighted by Gasteiger charge is 2.30. The van der Waals surface area contributed by atoms with Gasteiger partial charge >= 0.3 is 0 Å². The second kappa shape index (κ2) is 4.42. The molecule has 0 bridgehead atoms. The molecule has 2 atom stereocenters. The van der Waals surface area contributed by atoms with E-state index in [1.807, 2.05) is 18.5 Å². The molecule has 3 nitrogen and oxygen atoms in total. The molecule has 0 radical (unpaired) electrons. The highest BCUT2D eigenvalue weighted by atomic mass is 15.2. The molecule has 0 unspecified atom stereocenters. The molecule has 3 heterocycles. The first-order valence-corrected chi connectivity index (χ1v) is 6.32. The van der Waals surface area contributed by atoms with Crippen LogP contribution in [-0.4, -0.2) is 30.7 Å². The minimum absolute atomic E-state index is 0.697. The van der Waals surface area contributed by atoms with Gasteiger partial charge in [-0.15, -0.1) is 0 Å². The van der Waals surface area contributed by atoms with Gasteiger partial charge in [-0.2, -0.15) is 0 Å². The van der Waals surface area contributed by atoms with Gasteiger partial charge in [-0.1, -0.05) is 0 Å². The number of hydrogen-bond acceptors (Lipinski definition) is 3. The number of nitrogens with one attached hydrogen (secondary N) is 1. The molecule has 0 saturated carbocycles. The lowest BCUT2D eigenvalue weighted by Gasteiger charge is -2.26. The van der Waals surface area contributed by atoms with Crippen molar-refractivity contribution in [3.63, 3.8) is 0 Å². The number of hydrogen-bond donors (Lipinski definition) is 1. The van der Waals surface area contributed by atoms with Crippen LogP contribution < -0.4 is 10.2 Å². The van der Waals surface area contributed by atoms with E-state index in [9.17, 15) is 0 Å². The maximum atomic E-state index is 4.21. The van der Waals surface area contributed by atoms with Gasteiger partial charge in [0.1, 0.15) is 0 Å². The molecule has 2 aliphatic heterocycles. The lowest BCUT2D eigenvalue weighted by molar-refractivity contribution is 0.445. The molecule has 2 saturated heterocycles. The van der Waals surface area contributed by atoms with Crippen molar-refractivity contribution in [2.75, 3.05) is 24.5 Å². The second-order valence-corrected chi connectivity index (χ2v) is 4.91. The average molecular weight is 217 g/mol. The maximum absolute atomic E-state index is 4.21. The van der Waals surface area contributed by atoms with Crippen LogP contribution in [0.5, 0.6) is 0 Å². The van der Waals surface area contributed by atoms with E-state index >= 15 is 0 Å². The van der Waals surface area contributed by atoms with Crippen LogP contribution in [0.1, 0.15) is 19.3 Å². The monoisotopic (exact) mass is 217 g/mol. The normalized spacial score (nSPS) is 29.9. The van der Waals surface area contributed by atoms with Gasteiger partial charge in [0.05, 0.1) is 11.9 Å². The molecule has 86 valence electrons. The van der Waals surface area contributed by atoms with E-state index in [0.717, 1.165) is 12.5 Å². The second-order valence-electron chi connectivity index (χ2n) is 4.91. The van der Waals surface area contributed by atoms with Gasteiger partial charge in [0, 0.05) is 25.3 Å². The average Bonchev–Trinajstić information content (AvgIpc) is 2.68. The van der Waals surface area contributed by atoms with Gasteiger partial charge in [-0.05, 0) is 43.9 Å². The van der Waals surface area contributed by atoms with Crippen molar-refractivity contribution >= 4 is 5.69 Å². The summed E-state index contributed by atoms with van der Waals surface area (Å²) in [7, 11) is 0. The molecule has 2 fully saturated rings. The van der Waals surface area contributed by atoms with Gasteiger partial charge in [-0.25, -0.2) is 0 Å². The van der Waals surface area contributed by atoms with Crippen LogP contribution >= 0.6 is 0 Å². The number of pyridine rings is 1. The molecule has 1 aromatic rings. The van der Waals surface area contributed by atoms with Gasteiger partial charge < -0.3 is 10.2 Å². The van der Waals surface area contributed by atoms with Crippen LogP contribution in [-0.2, 0) is 0 Å². The zero-order chi connectivity index (χ0) is 10.8. The van der Waals surface area contributed by atoms with Crippen LogP contribution in [0.2, 0.25) is 0 Å². The summed E-state index contributed by atoms with van der Waals surface area (Å²) in [5, 5.41) is 3.64. The summed E-state index contributed by atoms with van der Waals surface area (Å²) in [6.07, 6.45) is 7.89. The highest BCUT2D eigenvalue weighted by Crippen LogP contribution is 2.27. The molecule has 0 aliphatic carbocycles. The van der Waals surface area contributed by atoms with Crippen molar-refractivity contribution in [2.24, 2.45) is 5.92 Å². The summed E-state index contributed by atoms with van der Waals surface area (Å²) < 4.78 is 0. The Morgan fingerprint density at radius 3 is 3.25 bits per heavy atom. The van der Waals surface area contributed by atoms with Crippen LogP contribution in [0.4, 0.5) is 5.69 Å². The van der Waals surface area contributed by atoms with Crippen molar-refractivity contribution in [2.45, 2.75) is 25.3 Å². The summed E-state index contributed by atoms with van der Waals surface area (Å²) in [6.45, 7) is 3.53. The zero-order valence-corrected chi connectivity index (χ0v) is 9.60. The lowest BCUT2D eigenvalue weighted by atomic mass is 9.97. The Bertz CT molecular complexity index is 338. The van der Waals surface area contributed by atoms with E-state index in [0.29, 0.717) is 6.04 Å². The molecular formula is C13H19N3. The van der Waals surface area contributed by atoms with Crippen molar-refractivity contribution in [3.05, 3.63) is 24.5 Å². The summed E-state index contributed by atoms with van der Waals surface area (Å²) >= 11 is 0. The zero-order valence-electron chi connectivity index (χ0n) is 9.60. The van der Waals surface area contributed by atoms with E-state index in [-0.39, 0.29) is 0 Å². The van der Waals surface area contributed by atoms with Gasteiger partial charge in [0.15, 0.2) is 0 Å². The lowest BCUT2D eigenvalue weighted by Crippen LogP contribution is -2.38. The number of aromatic nitrogens is 1. The molecule has 0 aromatic carbocycles. The molecular weight excluding hydrogens is 198 g/mol. The summed E-state index contributed by atoms with van der Waals surface area (Å²) in [4.78, 5) is 6.70. The molecule has 3 heteroatoms. The molecule has 2 aliphatic rings. The smallest absolute Gasteiger partial charge is 0.0553 e. The van der Waals surface area contributed by atoms with Crippen LogP contribution in [0.3, 0.4) is 0 Å². The molecule has 1 N–H and O–H groups in total. The molecule has 1 aromatic heterocycles. The van der Waals surface area contributed by atoms with E-state index in [1.54, 1.807) is 0 Å². The fourth-order valence-corrected chi connectivity index (χ4v) is 3.03. The van der Waals surface area contributed by atoms with Gasteiger partial charge in [-0.3, -0.25) is 4.98 Å². The molecule has 16 heavy (non-hydrogen) atoms. The predicted molar refractivity (Wildman–Crippen MR) is 65.6 cm³/mol. The minimum Gasteiger partial charge on any atom is -0.369 e. The standard InChI is InChI=1S/C13H19N3/c1-4-12(9-14-6-1)16-8-2-3-11-5-7-15-13(11)10-16/h1,4,6,9,11,13,15H,2-3,5,7-8,10H2/t11-,13-/m1/s1. The van der Waals surface area contributed by atoms with Crippen LogP contribution in [0.25, 0.3) is 0 Å². The Hall–Kier alpha value is -1.09. The largest absolute Gasteiger partial charge is 0.369 e. The quantitative estimate of drug-likeness (QED) is 0.775. The summed E-state index contributed by atoms with van der Waals surface area (Å²) in [6, 6.07) is 4.89. The van der Waals surface area contributed by atoms with Crippen molar-refractivity contribution in [1.82, 2.24) is 10.3 Å².